The van der Waals surface area contributed by atoms with Crippen molar-refractivity contribution in [2.45, 2.75) is 45.6 Å². The molecule has 4 nitrogen and oxygen atoms in total. The van der Waals surface area contributed by atoms with Gasteiger partial charge in [0.25, 0.3) is 0 Å². The summed E-state index contributed by atoms with van der Waals surface area (Å²) in [4.78, 5) is 16.8. The fourth-order valence-electron chi connectivity index (χ4n) is 3.18. The van der Waals surface area contributed by atoms with Crippen LogP contribution >= 0.6 is 0 Å². The lowest BCUT2D eigenvalue weighted by Gasteiger charge is -2.21. The molecule has 1 aliphatic carbocycles. The maximum Gasteiger partial charge on any atom is 0.330 e. The number of pyridine rings is 1. The van der Waals surface area contributed by atoms with Crippen molar-refractivity contribution in [2.75, 3.05) is 0 Å². The van der Waals surface area contributed by atoms with Gasteiger partial charge in [0.15, 0.2) is 5.65 Å². The Morgan fingerprint density at radius 1 is 1.32 bits per heavy atom. The Kier molecular flexibility index (Phi) is 3.17. The summed E-state index contributed by atoms with van der Waals surface area (Å²) in [5.41, 5.74) is 2.96. The molecule has 19 heavy (non-hydrogen) atoms. The van der Waals surface area contributed by atoms with E-state index in [-0.39, 0.29) is 5.69 Å². The summed E-state index contributed by atoms with van der Waals surface area (Å²) < 4.78 is 3.59. The van der Waals surface area contributed by atoms with Gasteiger partial charge in [-0.15, -0.1) is 0 Å². The molecule has 0 radical (unpaired) electrons. The van der Waals surface area contributed by atoms with Crippen molar-refractivity contribution in [2.24, 2.45) is 13.0 Å². The number of imidazole rings is 1. The van der Waals surface area contributed by atoms with E-state index in [0.29, 0.717) is 5.92 Å². The Morgan fingerprint density at radius 2 is 2.05 bits per heavy atom. The van der Waals surface area contributed by atoms with Gasteiger partial charge in [-0.05, 0) is 37.3 Å². The van der Waals surface area contributed by atoms with Crippen LogP contribution in [-0.2, 0) is 13.6 Å². The Hall–Kier alpha value is -1.58. The van der Waals surface area contributed by atoms with E-state index in [9.17, 15) is 4.79 Å². The third-order valence-corrected chi connectivity index (χ3v) is 4.28. The molecule has 1 fully saturated rings. The van der Waals surface area contributed by atoms with Crippen molar-refractivity contribution in [1.29, 1.82) is 0 Å². The SMILES string of the molecule is Cc1cnc2c(c1)n(CC1CCCCC1)c(=O)n2C. The van der Waals surface area contributed by atoms with E-state index < -0.39 is 0 Å². The van der Waals surface area contributed by atoms with E-state index in [0.717, 1.165) is 23.3 Å². The van der Waals surface area contributed by atoms with Gasteiger partial charge in [-0.1, -0.05) is 19.3 Å². The average Bonchev–Trinajstić information content (AvgIpc) is 2.65. The Morgan fingerprint density at radius 3 is 2.79 bits per heavy atom. The van der Waals surface area contributed by atoms with Crippen LogP contribution in [0.5, 0.6) is 0 Å². The normalized spacial score (nSPS) is 17.2. The molecule has 1 aliphatic rings. The largest absolute Gasteiger partial charge is 0.330 e. The summed E-state index contributed by atoms with van der Waals surface area (Å²) in [6, 6.07) is 2.08. The smallest absolute Gasteiger partial charge is 0.290 e. The molecule has 0 spiro atoms. The van der Waals surface area contributed by atoms with Crippen molar-refractivity contribution in [3.05, 3.63) is 28.3 Å². The van der Waals surface area contributed by atoms with Crippen LogP contribution in [0.15, 0.2) is 17.1 Å². The molecule has 0 atom stereocenters. The van der Waals surface area contributed by atoms with Gasteiger partial charge in [0, 0.05) is 19.8 Å². The van der Waals surface area contributed by atoms with Crippen molar-refractivity contribution in [1.82, 2.24) is 14.1 Å². The Labute approximate surface area is 113 Å². The Balaban J connectivity index is 2.04. The van der Waals surface area contributed by atoms with E-state index >= 15 is 0 Å². The van der Waals surface area contributed by atoms with Crippen LogP contribution in [0.25, 0.3) is 11.2 Å². The van der Waals surface area contributed by atoms with Crippen molar-refractivity contribution < 1.29 is 0 Å². The van der Waals surface area contributed by atoms with Crippen LogP contribution in [0.4, 0.5) is 0 Å². The van der Waals surface area contributed by atoms with E-state index in [1.54, 1.807) is 4.57 Å². The molecule has 2 aromatic heterocycles. The second-order valence-electron chi connectivity index (χ2n) is 5.81. The monoisotopic (exact) mass is 259 g/mol. The van der Waals surface area contributed by atoms with E-state index in [4.69, 9.17) is 0 Å². The summed E-state index contributed by atoms with van der Waals surface area (Å²) in [5.74, 6) is 0.651. The quantitative estimate of drug-likeness (QED) is 0.831. The number of rotatable bonds is 2. The zero-order valence-corrected chi connectivity index (χ0v) is 11.7. The van der Waals surface area contributed by atoms with E-state index in [2.05, 4.69) is 11.1 Å². The predicted octanol–water partition coefficient (Wildman–Crippen LogP) is 2.62. The standard InChI is InChI=1S/C15H21N3O/c1-11-8-13-14(16-9-11)17(2)15(19)18(13)10-12-6-4-3-5-7-12/h8-9,12H,3-7,10H2,1-2H3. The molecule has 4 heteroatoms. The molecular formula is C15H21N3O. The summed E-state index contributed by atoms with van der Waals surface area (Å²) in [7, 11) is 1.81. The van der Waals surface area contributed by atoms with Crippen LogP contribution in [0.1, 0.15) is 37.7 Å². The molecule has 2 aromatic rings. The topological polar surface area (TPSA) is 39.8 Å². The fraction of sp³-hybridized carbons (Fsp3) is 0.600. The summed E-state index contributed by atoms with van der Waals surface area (Å²) in [6.07, 6.45) is 8.29. The third kappa shape index (κ3) is 2.20. The third-order valence-electron chi connectivity index (χ3n) is 4.28. The van der Waals surface area contributed by atoms with Crippen LogP contribution in [0, 0.1) is 12.8 Å². The highest BCUT2D eigenvalue weighted by molar-refractivity contribution is 5.72. The second kappa shape index (κ2) is 4.83. The molecule has 0 aromatic carbocycles. The van der Waals surface area contributed by atoms with Gasteiger partial charge in [0.05, 0.1) is 5.52 Å². The first kappa shape index (κ1) is 12.5. The summed E-state index contributed by atoms with van der Waals surface area (Å²) in [6.45, 7) is 2.87. The van der Waals surface area contributed by atoms with Crippen molar-refractivity contribution in [3.63, 3.8) is 0 Å². The number of hydrogen-bond acceptors (Lipinski definition) is 2. The molecule has 2 heterocycles. The minimum Gasteiger partial charge on any atom is -0.290 e. The van der Waals surface area contributed by atoms with Gasteiger partial charge in [0.2, 0.25) is 0 Å². The van der Waals surface area contributed by atoms with Gasteiger partial charge in [-0.2, -0.15) is 0 Å². The highest BCUT2D eigenvalue weighted by Crippen LogP contribution is 2.25. The van der Waals surface area contributed by atoms with Gasteiger partial charge in [0.1, 0.15) is 0 Å². The molecule has 1 saturated carbocycles. The lowest BCUT2D eigenvalue weighted by atomic mass is 9.89. The number of nitrogens with zero attached hydrogens (tertiary/aromatic N) is 3. The Bertz CT molecular complexity index is 647. The first-order chi connectivity index (χ1) is 9.16. The molecule has 0 unspecified atom stereocenters. The van der Waals surface area contributed by atoms with Crippen molar-refractivity contribution in [3.8, 4) is 0 Å². The lowest BCUT2D eigenvalue weighted by Crippen LogP contribution is -2.26. The zero-order chi connectivity index (χ0) is 13.4. The number of hydrogen-bond donors (Lipinski definition) is 0. The first-order valence-electron chi connectivity index (χ1n) is 7.18. The number of aryl methyl sites for hydroxylation is 2. The predicted molar refractivity (Wildman–Crippen MR) is 76.3 cm³/mol. The minimum absolute atomic E-state index is 0.0682. The maximum absolute atomic E-state index is 12.4. The van der Waals surface area contributed by atoms with Gasteiger partial charge in [-0.3, -0.25) is 9.13 Å². The van der Waals surface area contributed by atoms with E-state index in [1.807, 2.05) is 24.7 Å². The van der Waals surface area contributed by atoms with Gasteiger partial charge in [-0.25, -0.2) is 9.78 Å². The van der Waals surface area contributed by atoms with Crippen molar-refractivity contribution >= 4 is 11.2 Å². The maximum atomic E-state index is 12.4. The highest BCUT2D eigenvalue weighted by atomic mass is 16.1. The molecule has 0 aliphatic heterocycles. The van der Waals surface area contributed by atoms with Crippen LogP contribution in [-0.4, -0.2) is 14.1 Å². The molecule has 102 valence electrons. The minimum atomic E-state index is 0.0682. The van der Waals surface area contributed by atoms with Gasteiger partial charge >= 0.3 is 5.69 Å². The molecule has 0 bridgehead atoms. The molecule has 0 saturated heterocycles. The van der Waals surface area contributed by atoms with Crippen LogP contribution in [0.2, 0.25) is 0 Å². The summed E-state index contributed by atoms with van der Waals surface area (Å²) in [5, 5.41) is 0. The molecule has 3 rings (SSSR count). The fourth-order valence-corrected chi connectivity index (χ4v) is 3.18. The highest BCUT2D eigenvalue weighted by Gasteiger charge is 2.18. The number of fused-ring (bicyclic) bond motifs is 1. The second-order valence-corrected chi connectivity index (χ2v) is 5.81. The summed E-state index contributed by atoms with van der Waals surface area (Å²) >= 11 is 0. The molecular weight excluding hydrogens is 238 g/mol. The molecule has 0 N–H and O–H groups in total. The average molecular weight is 259 g/mol. The number of aromatic nitrogens is 3. The van der Waals surface area contributed by atoms with Crippen LogP contribution in [0.3, 0.4) is 0 Å². The van der Waals surface area contributed by atoms with Crippen LogP contribution < -0.4 is 5.69 Å². The van der Waals surface area contributed by atoms with E-state index in [1.165, 1.54) is 32.1 Å². The first-order valence-corrected chi connectivity index (χ1v) is 7.18. The molecule has 0 amide bonds. The zero-order valence-electron chi connectivity index (χ0n) is 11.7. The van der Waals surface area contributed by atoms with Gasteiger partial charge < -0.3 is 0 Å². The lowest BCUT2D eigenvalue weighted by molar-refractivity contribution is 0.318.